The number of thioether (sulfide) groups is 1. The summed E-state index contributed by atoms with van der Waals surface area (Å²) < 4.78 is 9.33. The number of anilines is 7. The molecule has 99 heavy (non-hydrogen) atoms. The lowest BCUT2D eigenvalue weighted by atomic mass is 9.92. The van der Waals surface area contributed by atoms with E-state index in [9.17, 15) is 43.8 Å². The number of halogens is 1. The van der Waals surface area contributed by atoms with Crippen LogP contribution >= 0.6 is 34.9 Å². The number of carboxylic acid groups (broad SMARTS) is 2. The maximum Gasteiger partial charge on any atom is 0.357 e. The van der Waals surface area contributed by atoms with Crippen molar-refractivity contribution in [3.63, 3.8) is 0 Å². The molecule has 1 aromatic carbocycles. The topological polar surface area (TPSA) is 573 Å². The van der Waals surface area contributed by atoms with Crippen LogP contribution in [0.15, 0.2) is 83.7 Å². The average Bonchev–Trinajstić information content (AvgIpc) is 1.76. The summed E-state index contributed by atoms with van der Waals surface area (Å²) in [5.74, 6) is -0.215. The highest BCUT2D eigenvalue weighted by Gasteiger charge is 2.25. The average molecular weight is 1420 g/mol. The molecule has 11 aromatic rings. The highest BCUT2D eigenvalue weighted by molar-refractivity contribution is 7.98. The van der Waals surface area contributed by atoms with Crippen LogP contribution in [0, 0.1) is 6.92 Å². The van der Waals surface area contributed by atoms with E-state index in [0.29, 0.717) is 50.9 Å². The Morgan fingerprint density at radius 2 is 0.949 bits per heavy atom. The van der Waals surface area contributed by atoms with Crippen molar-refractivity contribution < 1.29 is 19.8 Å². The molecule has 38 nitrogen and oxygen atoms in total. The molecule has 0 aliphatic carbocycles. The normalized spacial score (nSPS) is 11.5. The highest BCUT2D eigenvalue weighted by atomic mass is 35.5. The van der Waals surface area contributed by atoms with E-state index >= 15 is 0 Å². The Bertz CT molecular complexity index is 5030. The number of nitrogens with zero attached hydrogens (tertiary/aromatic N) is 18. The molecule has 0 fully saturated rings. The first kappa shape index (κ1) is 74.7. The van der Waals surface area contributed by atoms with Gasteiger partial charge in [-0.2, -0.15) is 83.8 Å². The van der Waals surface area contributed by atoms with Gasteiger partial charge >= 0.3 is 34.7 Å². The van der Waals surface area contributed by atoms with E-state index in [1.165, 1.54) is 53.4 Å². The molecule has 0 saturated heterocycles. The molecule has 0 radical (unpaired) electrons. The van der Waals surface area contributed by atoms with Crippen LogP contribution in [-0.2, 0) is 28.1 Å². The Kier molecular flexibility index (Phi) is 22.5. The molecular formula is C58H74ClN29O9S2. The van der Waals surface area contributed by atoms with Crippen LogP contribution in [0.3, 0.4) is 0 Å². The molecule has 0 amide bonds. The number of aryl methyl sites for hydroxylation is 2. The monoisotopic (exact) mass is 1420 g/mol. The van der Waals surface area contributed by atoms with Crippen molar-refractivity contribution >= 4 is 87.6 Å². The molecule has 18 N–H and O–H groups in total. The lowest BCUT2D eigenvalue weighted by molar-refractivity contribution is 0.0696. The van der Waals surface area contributed by atoms with Crippen LogP contribution in [0.25, 0.3) is 28.9 Å². The van der Waals surface area contributed by atoms with Gasteiger partial charge < -0.3 is 44.2 Å². The number of hydrogen-bond acceptors (Lipinski definition) is 28. The fraction of sp³-hybridized carbons (Fsp3) is 0.345. The van der Waals surface area contributed by atoms with Crippen molar-refractivity contribution in [2.24, 2.45) is 0 Å². The van der Waals surface area contributed by atoms with Gasteiger partial charge in [0, 0.05) is 69.4 Å². The molecule has 0 aliphatic heterocycles. The highest BCUT2D eigenvalue weighted by Crippen LogP contribution is 2.28. The lowest BCUT2D eigenvalue weighted by Crippen LogP contribution is -2.20. The van der Waals surface area contributed by atoms with Gasteiger partial charge in [-0.05, 0) is 60.9 Å². The zero-order valence-corrected chi connectivity index (χ0v) is 58.7. The van der Waals surface area contributed by atoms with E-state index in [1.807, 2.05) is 90.0 Å². The number of aromatic amines is 5. The number of hydrogen-bond donors (Lipinski definition) is 13. The summed E-state index contributed by atoms with van der Waals surface area (Å²) in [6.07, 6.45) is 2.53. The largest absolute Gasteiger partial charge is 0.478 e. The van der Waals surface area contributed by atoms with Crippen LogP contribution in [0.4, 0.5) is 40.7 Å². The van der Waals surface area contributed by atoms with E-state index < -0.39 is 29.0 Å². The molecule has 10 heterocycles. The first-order valence-corrected chi connectivity index (χ1v) is 31.9. The first-order valence-electron chi connectivity index (χ1n) is 29.5. The van der Waals surface area contributed by atoms with Crippen LogP contribution in [0.1, 0.15) is 145 Å². The third-order valence-electron chi connectivity index (χ3n) is 13.2. The Morgan fingerprint density at radius 3 is 1.38 bits per heavy atom. The second kappa shape index (κ2) is 29.8. The van der Waals surface area contributed by atoms with Gasteiger partial charge in [0.1, 0.15) is 29.1 Å². The van der Waals surface area contributed by atoms with Gasteiger partial charge in [-0.15, -0.1) is 0 Å². The summed E-state index contributed by atoms with van der Waals surface area (Å²) in [6.45, 7) is 27.9. The third-order valence-corrected chi connectivity index (χ3v) is 14.6. The summed E-state index contributed by atoms with van der Waals surface area (Å²) in [6, 6.07) is 13.6. The number of aromatic carboxylic acids is 2. The van der Waals surface area contributed by atoms with E-state index in [-0.39, 0.29) is 84.6 Å². The SMILES string of the molecule is CC(C)(C)c1cc(N)n(-c2nc(=O)[nH]s2)n1.CC(C)(C)c1cc(N)n(-c2nc(Nc3cc(C(=O)O)cc(C(=O)O)c3)[nH]c(=O)n2)n1.CCc1cc(N)n(-c2nc(Cl)[nH]c(=O)n2)n1.CSc1nc(-n2nc(C(C)(C)C)cc2N)[nH]c(=O)n1.Cc1cc(=O)[nH]c(-n2nc(C(C)(C)C)cc2N)n1. The maximum atomic E-state index is 12.0. The molecule has 0 aliphatic rings. The summed E-state index contributed by atoms with van der Waals surface area (Å²) in [7, 11) is 0. The van der Waals surface area contributed by atoms with Gasteiger partial charge in [-0.3, -0.25) is 29.1 Å². The number of nitrogens with two attached hydrogens (primary N) is 5. The number of rotatable bonds is 11. The van der Waals surface area contributed by atoms with Gasteiger partial charge in [-0.25, -0.2) is 33.8 Å². The van der Waals surface area contributed by atoms with Crippen molar-refractivity contribution in [1.82, 2.24) is 113 Å². The Balaban J connectivity index is 0.000000178. The predicted molar refractivity (Wildman–Crippen MR) is 373 cm³/mol. The predicted octanol–water partition coefficient (Wildman–Crippen LogP) is 4.51. The second-order valence-electron chi connectivity index (χ2n) is 25.5. The molecule has 11 rings (SSSR count). The van der Waals surface area contributed by atoms with Crippen molar-refractivity contribution in [1.29, 1.82) is 0 Å². The molecule has 524 valence electrons. The van der Waals surface area contributed by atoms with E-state index in [4.69, 9.17) is 40.3 Å². The van der Waals surface area contributed by atoms with Gasteiger partial charge in [0.15, 0.2) is 5.16 Å². The molecule has 41 heteroatoms. The number of aromatic nitrogens is 23. The Labute approximate surface area is 574 Å². The third kappa shape index (κ3) is 19.5. The molecule has 0 bridgehead atoms. The number of H-pyrrole nitrogens is 5. The number of benzene rings is 1. The fourth-order valence-corrected chi connectivity index (χ4v) is 9.15. The van der Waals surface area contributed by atoms with Gasteiger partial charge in [0.2, 0.25) is 28.3 Å². The number of carbonyl (C=O) groups is 2. The van der Waals surface area contributed by atoms with Gasteiger partial charge in [-0.1, -0.05) is 102 Å². The number of carboxylic acids is 2. The zero-order valence-electron chi connectivity index (χ0n) is 56.3. The van der Waals surface area contributed by atoms with E-state index in [2.05, 4.69) is 95.0 Å². The second-order valence-corrected chi connectivity index (χ2v) is 27.4. The molecular weight excluding hydrogens is 1350 g/mol. The van der Waals surface area contributed by atoms with Crippen molar-refractivity contribution in [3.8, 4) is 28.9 Å². The minimum Gasteiger partial charge on any atom is -0.478 e. The molecule has 0 saturated carbocycles. The Hall–Kier alpha value is -11.7. The van der Waals surface area contributed by atoms with E-state index in [1.54, 1.807) is 43.5 Å². The van der Waals surface area contributed by atoms with Crippen LogP contribution in [0.2, 0.25) is 5.28 Å². The molecule has 0 spiro atoms. The van der Waals surface area contributed by atoms with Crippen LogP contribution in [-0.4, -0.2) is 141 Å². The summed E-state index contributed by atoms with van der Waals surface area (Å²) in [5, 5.41) is 43.5. The summed E-state index contributed by atoms with van der Waals surface area (Å²) in [4.78, 5) is 120. The number of nitrogen functional groups attached to an aromatic ring is 5. The minimum atomic E-state index is -1.31. The summed E-state index contributed by atoms with van der Waals surface area (Å²) >= 11 is 8.00. The standard InChI is InChI=1S/C18H19N7O5.C12H17N5O.C11H16N6OS.C9H13N5OS.C8H9ClN6O/c1-18(2,3)11-7-12(19)25(24-11)16-21-15(22-17(30)23-16)20-10-5-8(13(26)27)4-9(6-10)14(28)29;1-7-5-10(18)15-11(14-7)17-9(13)6-8(16-17)12(2,3)4;1-11(2,3)6-5-7(12)17(16-6)8-13-9(18)15-10(14-8)19-4;1-9(2,3)5-4-6(10)14(12-5)8-11-7(15)13-16-8;1-2-4-3-5(10)15(14-4)7-11-6(9)12-8(16)13-7/h4-7H,19H2,1-3H3,(H,26,27)(H,28,29)(H2,20,21,22,23,30);5-6H,13H2,1-4H3,(H,14,15,18);5H,12H2,1-4H3,(H,13,14,15,18);4H,10H2,1-3H3,(H,13,15);3H,2,10H2,1H3,(H,11,12,13,16). The number of nitrogens with one attached hydrogen (secondary N) is 6. The molecule has 0 atom stereocenters. The summed E-state index contributed by atoms with van der Waals surface area (Å²) in [5.41, 5.74) is 30.5. The smallest absolute Gasteiger partial charge is 0.357 e. The lowest BCUT2D eigenvalue weighted by Gasteiger charge is -2.14. The van der Waals surface area contributed by atoms with Gasteiger partial charge in [0.05, 0.1) is 39.6 Å². The van der Waals surface area contributed by atoms with Crippen molar-refractivity contribution in [2.45, 2.75) is 130 Å². The van der Waals surface area contributed by atoms with Crippen LogP contribution in [0.5, 0.6) is 0 Å². The quantitative estimate of drug-likeness (QED) is 0.0792. The minimum absolute atomic E-state index is 0.0528. The van der Waals surface area contributed by atoms with Crippen molar-refractivity contribution in [2.75, 3.05) is 40.2 Å². The van der Waals surface area contributed by atoms with Crippen LogP contribution < -0.4 is 62.3 Å². The maximum absolute atomic E-state index is 12.0. The van der Waals surface area contributed by atoms with Crippen molar-refractivity contribution in [3.05, 3.63) is 157 Å². The zero-order chi connectivity index (χ0) is 73.6. The Morgan fingerprint density at radius 1 is 0.515 bits per heavy atom. The van der Waals surface area contributed by atoms with Gasteiger partial charge in [0.25, 0.3) is 17.5 Å². The fourth-order valence-electron chi connectivity index (χ4n) is 8.06. The first-order chi connectivity index (χ1) is 46.0. The molecule has 10 aromatic heterocycles. The van der Waals surface area contributed by atoms with E-state index in [0.717, 1.165) is 46.8 Å². The molecule has 0 unspecified atom stereocenters.